The summed E-state index contributed by atoms with van der Waals surface area (Å²) in [6.45, 7) is 3.55. The van der Waals surface area contributed by atoms with Crippen molar-refractivity contribution in [3.05, 3.63) is 83.4 Å². The highest BCUT2D eigenvalue weighted by Crippen LogP contribution is 2.29. The van der Waals surface area contributed by atoms with Crippen LogP contribution in [0.5, 0.6) is 0 Å². The Morgan fingerprint density at radius 3 is 1.63 bits per heavy atom. The summed E-state index contributed by atoms with van der Waals surface area (Å²) < 4.78 is 56.7. The van der Waals surface area contributed by atoms with Crippen LogP contribution in [0.1, 0.15) is 16.7 Å². The first-order chi connectivity index (χ1) is 14.1. The maximum Gasteiger partial charge on any atom is 0.262 e. The molecule has 4 N–H and O–H groups in total. The van der Waals surface area contributed by atoms with E-state index in [1.54, 1.807) is 56.3 Å². The Balaban J connectivity index is 2.04. The van der Waals surface area contributed by atoms with E-state index in [4.69, 9.17) is 5.73 Å². The zero-order valence-electron chi connectivity index (χ0n) is 16.6. The van der Waals surface area contributed by atoms with E-state index in [1.165, 1.54) is 24.3 Å². The highest BCUT2D eigenvalue weighted by molar-refractivity contribution is 7.93. The first-order valence-corrected chi connectivity index (χ1v) is 12.1. The molecule has 0 saturated carbocycles. The molecular weight excluding hydrogens is 422 g/mol. The van der Waals surface area contributed by atoms with Gasteiger partial charge in [-0.05, 0) is 54.8 Å². The van der Waals surface area contributed by atoms with Gasteiger partial charge in [0.15, 0.2) is 0 Å². The molecule has 7 nitrogen and oxygen atoms in total. The van der Waals surface area contributed by atoms with Crippen molar-refractivity contribution in [3.63, 3.8) is 0 Å². The zero-order valence-corrected chi connectivity index (χ0v) is 18.2. The molecule has 0 fully saturated rings. The van der Waals surface area contributed by atoms with Crippen molar-refractivity contribution in [1.82, 2.24) is 0 Å². The molecule has 3 aromatic rings. The SMILES string of the molecule is Cc1ccccc1S(=O)(=O)Nc1ccc(CN)cc1NS(=O)(=O)c1ccccc1C. The third-order valence-corrected chi connectivity index (χ3v) is 7.63. The Labute approximate surface area is 177 Å². The van der Waals surface area contributed by atoms with Gasteiger partial charge in [0.05, 0.1) is 21.2 Å². The number of benzene rings is 3. The molecule has 0 bridgehead atoms. The lowest BCUT2D eigenvalue weighted by atomic mass is 10.2. The third kappa shape index (κ3) is 4.64. The van der Waals surface area contributed by atoms with Crippen LogP contribution >= 0.6 is 0 Å². The molecule has 158 valence electrons. The van der Waals surface area contributed by atoms with Gasteiger partial charge in [-0.15, -0.1) is 0 Å². The van der Waals surface area contributed by atoms with E-state index in [9.17, 15) is 16.8 Å². The standard InChI is InChI=1S/C21H23N3O4S2/c1-15-7-3-5-9-20(15)29(25,26)23-18-12-11-17(14-22)13-19(18)24-30(27,28)21-10-6-4-8-16(21)2/h3-13,23-24H,14,22H2,1-2H3. The van der Waals surface area contributed by atoms with Crippen LogP contribution in [0, 0.1) is 13.8 Å². The lowest BCUT2D eigenvalue weighted by molar-refractivity contribution is 0.598. The number of sulfonamides is 2. The van der Waals surface area contributed by atoms with Gasteiger partial charge < -0.3 is 5.73 Å². The van der Waals surface area contributed by atoms with Crippen molar-refractivity contribution in [2.24, 2.45) is 5.73 Å². The van der Waals surface area contributed by atoms with Crippen molar-refractivity contribution < 1.29 is 16.8 Å². The van der Waals surface area contributed by atoms with Gasteiger partial charge in [-0.1, -0.05) is 42.5 Å². The van der Waals surface area contributed by atoms with Gasteiger partial charge in [-0.25, -0.2) is 16.8 Å². The Morgan fingerprint density at radius 1 is 0.700 bits per heavy atom. The van der Waals surface area contributed by atoms with Crippen molar-refractivity contribution in [1.29, 1.82) is 0 Å². The van der Waals surface area contributed by atoms with Crippen LogP contribution in [-0.2, 0) is 26.6 Å². The summed E-state index contributed by atoms with van der Waals surface area (Å²) in [5.41, 5.74) is 7.69. The number of rotatable bonds is 7. The number of aryl methyl sites for hydroxylation is 2. The van der Waals surface area contributed by atoms with Crippen LogP contribution in [0.3, 0.4) is 0 Å². The van der Waals surface area contributed by atoms with Gasteiger partial charge in [0.1, 0.15) is 0 Å². The van der Waals surface area contributed by atoms with E-state index in [-0.39, 0.29) is 27.7 Å². The lowest BCUT2D eigenvalue weighted by Crippen LogP contribution is -2.19. The first kappa shape index (κ1) is 21.8. The van der Waals surface area contributed by atoms with Gasteiger partial charge >= 0.3 is 0 Å². The smallest absolute Gasteiger partial charge is 0.262 e. The predicted molar refractivity (Wildman–Crippen MR) is 118 cm³/mol. The number of hydrogen-bond donors (Lipinski definition) is 3. The average Bonchev–Trinajstić information content (AvgIpc) is 2.69. The fourth-order valence-corrected chi connectivity index (χ4v) is 5.65. The van der Waals surface area contributed by atoms with E-state index < -0.39 is 20.0 Å². The van der Waals surface area contributed by atoms with E-state index >= 15 is 0 Å². The molecule has 0 aliphatic rings. The molecule has 3 aromatic carbocycles. The second-order valence-electron chi connectivity index (χ2n) is 6.83. The summed E-state index contributed by atoms with van der Waals surface area (Å²) >= 11 is 0. The summed E-state index contributed by atoms with van der Waals surface area (Å²) in [7, 11) is -7.88. The molecular formula is C21H23N3O4S2. The number of anilines is 2. The van der Waals surface area contributed by atoms with Gasteiger partial charge in [0, 0.05) is 6.54 Å². The molecule has 0 saturated heterocycles. The summed E-state index contributed by atoms with van der Waals surface area (Å²) in [5, 5.41) is 0. The zero-order chi connectivity index (χ0) is 21.9. The second-order valence-corrected chi connectivity index (χ2v) is 10.1. The van der Waals surface area contributed by atoms with Gasteiger partial charge in [-0.2, -0.15) is 0 Å². The minimum absolute atomic E-state index is 0.0957. The quantitative estimate of drug-likeness (QED) is 0.515. The van der Waals surface area contributed by atoms with Crippen LogP contribution in [0.15, 0.2) is 76.5 Å². The highest BCUT2D eigenvalue weighted by atomic mass is 32.2. The lowest BCUT2D eigenvalue weighted by Gasteiger charge is -2.17. The summed E-state index contributed by atoms with van der Waals surface area (Å²) in [4.78, 5) is 0.219. The van der Waals surface area contributed by atoms with Crippen LogP contribution in [0.4, 0.5) is 11.4 Å². The van der Waals surface area contributed by atoms with Crippen LogP contribution in [-0.4, -0.2) is 16.8 Å². The van der Waals surface area contributed by atoms with Crippen LogP contribution < -0.4 is 15.2 Å². The molecule has 0 aromatic heterocycles. The predicted octanol–water partition coefficient (Wildman–Crippen LogP) is 3.36. The first-order valence-electron chi connectivity index (χ1n) is 9.14. The number of nitrogens with one attached hydrogen (secondary N) is 2. The Hall–Kier alpha value is -2.88. The summed E-state index contributed by atoms with van der Waals surface area (Å²) in [5.74, 6) is 0. The van der Waals surface area contributed by atoms with E-state index in [1.807, 2.05) is 0 Å². The van der Waals surface area contributed by atoms with E-state index in [0.717, 1.165) is 0 Å². The molecule has 0 spiro atoms. The van der Waals surface area contributed by atoms with Crippen molar-refractivity contribution in [2.45, 2.75) is 30.2 Å². The molecule has 0 unspecified atom stereocenters. The third-order valence-electron chi connectivity index (χ3n) is 4.57. The molecule has 0 atom stereocenters. The van der Waals surface area contributed by atoms with Crippen molar-refractivity contribution >= 4 is 31.4 Å². The van der Waals surface area contributed by atoms with E-state index in [0.29, 0.717) is 16.7 Å². The Bertz CT molecular complexity index is 1290. The summed E-state index contributed by atoms with van der Waals surface area (Å²) in [6.07, 6.45) is 0. The maximum absolute atomic E-state index is 12.9. The van der Waals surface area contributed by atoms with Crippen LogP contribution in [0.25, 0.3) is 0 Å². The topological polar surface area (TPSA) is 118 Å². The van der Waals surface area contributed by atoms with E-state index in [2.05, 4.69) is 9.44 Å². The largest absolute Gasteiger partial charge is 0.326 e. The molecule has 30 heavy (non-hydrogen) atoms. The minimum Gasteiger partial charge on any atom is -0.326 e. The molecule has 9 heteroatoms. The number of nitrogens with two attached hydrogens (primary N) is 1. The Morgan fingerprint density at radius 2 is 1.17 bits per heavy atom. The highest BCUT2D eigenvalue weighted by Gasteiger charge is 2.22. The summed E-state index contributed by atoms with van der Waals surface area (Å²) in [6, 6.07) is 17.7. The van der Waals surface area contributed by atoms with Gasteiger partial charge in [0.2, 0.25) is 0 Å². The second kappa shape index (κ2) is 8.47. The maximum atomic E-state index is 12.9. The van der Waals surface area contributed by atoms with Gasteiger partial charge in [0.25, 0.3) is 20.0 Å². The molecule has 0 aliphatic carbocycles. The molecule has 3 rings (SSSR count). The Kier molecular flexibility index (Phi) is 6.16. The molecule has 0 aliphatic heterocycles. The fraction of sp³-hybridized carbons (Fsp3) is 0.143. The minimum atomic E-state index is -3.95. The van der Waals surface area contributed by atoms with Gasteiger partial charge in [-0.3, -0.25) is 9.44 Å². The van der Waals surface area contributed by atoms with Crippen molar-refractivity contribution in [2.75, 3.05) is 9.44 Å². The van der Waals surface area contributed by atoms with Crippen molar-refractivity contribution in [3.8, 4) is 0 Å². The molecule has 0 radical (unpaired) electrons. The molecule has 0 heterocycles. The van der Waals surface area contributed by atoms with Crippen LogP contribution in [0.2, 0.25) is 0 Å². The normalized spacial score (nSPS) is 11.8. The average molecular weight is 446 g/mol. The number of hydrogen-bond acceptors (Lipinski definition) is 5. The monoisotopic (exact) mass is 445 g/mol. The molecule has 0 amide bonds. The fourth-order valence-electron chi connectivity index (χ4n) is 3.01.